The number of halogens is 2. The second-order valence-electron chi connectivity index (χ2n) is 6.46. The van der Waals surface area contributed by atoms with E-state index in [9.17, 15) is 0 Å². The molecule has 4 heteroatoms. The van der Waals surface area contributed by atoms with Crippen molar-refractivity contribution in [2.75, 3.05) is 4.90 Å². The maximum Gasteiger partial charge on any atom is 0.199 e. The predicted molar refractivity (Wildman–Crippen MR) is 107 cm³/mol. The molecule has 0 saturated carbocycles. The number of anilines is 1. The molecule has 0 aromatic heterocycles. The molecule has 3 aromatic rings. The van der Waals surface area contributed by atoms with Gasteiger partial charge in [-0.2, -0.15) is 0 Å². The van der Waals surface area contributed by atoms with Crippen LogP contribution in [0.1, 0.15) is 29.0 Å². The van der Waals surface area contributed by atoms with Gasteiger partial charge in [-0.1, -0.05) is 68.3 Å². The maximum atomic E-state index is 6.48. The van der Waals surface area contributed by atoms with E-state index in [4.69, 9.17) is 4.74 Å². The van der Waals surface area contributed by atoms with Crippen molar-refractivity contribution in [2.24, 2.45) is 0 Å². The second kappa shape index (κ2) is 5.89. The van der Waals surface area contributed by atoms with Crippen molar-refractivity contribution in [3.8, 4) is 5.75 Å². The third kappa shape index (κ3) is 2.51. The Labute approximate surface area is 163 Å². The van der Waals surface area contributed by atoms with Crippen molar-refractivity contribution in [1.82, 2.24) is 0 Å². The van der Waals surface area contributed by atoms with Gasteiger partial charge in [0.1, 0.15) is 5.75 Å². The van der Waals surface area contributed by atoms with Crippen molar-refractivity contribution in [2.45, 2.75) is 18.7 Å². The first-order valence-corrected chi connectivity index (χ1v) is 9.87. The highest BCUT2D eigenvalue weighted by atomic mass is 79.9. The van der Waals surface area contributed by atoms with Gasteiger partial charge in [0.05, 0.1) is 6.04 Å². The Kier molecular flexibility index (Phi) is 3.64. The Bertz CT molecular complexity index is 957. The number of hydrogen-bond donors (Lipinski definition) is 0. The quantitative estimate of drug-likeness (QED) is 0.419. The van der Waals surface area contributed by atoms with Crippen LogP contribution < -0.4 is 9.64 Å². The number of benzene rings is 3. The van der Waals surface area contributed by atoms with Crippen molar-refractivity contribution >= 4 is 37.5 Å². The summed E-state index contributed by atoms with van der Waals surface area (Å²) in [5.74, 6) is 0.969. The van der Waals surface area contributed by atoms with Crippen LogP contribution in [0.4, 0.5) is 5.69 Å². The third-order valence-corrected chi connectivity index (χ3v) is 5.97. The second-order valence-corrected chi connectivity index (χ2v) is 8.29. The summed E-state index contributed by atoms with van der Waals surface area (Å²) in [6.45, 7) is 0. The number of nitrogens with zero attached hydrogens (tertiary/aromatic N) is 1. The number of ether oxygens (including phenoxy) is 1. The zero-order chi connectivity index (χ0) is 17.0. The first-order chi connectivity index (χ1) is 12.2. The fourth-order valence-electron chi connectivity index (χ4n) is 3.90. The number of rotatable bonds is 1. The summed E-state index contributed by atoms with van der Waals surface area (Å²) >= 11 is 7.19. The topological polar surface area (TPSA) is 12.5 Å². The van der Waals surface area contributed by atoms with Gasteiger partial charge in [-0.15, -0.1) is 0 Å². The molecular weight excluding hydrogens is 442 g/mol. The average molecular weight is 457 g/mol. The van der Waals surface area contributed by atoms with Crippen LogP contribution in [0.5, 0.6) is 5.75 Å². The minimum Gasteiger partial charge on any atom is -0.466 e. The smallest absolute Gasteiger partial charge is 0.199 e. The summed E-state index contributed by atoms with van der Waals surface area (Å²) in [5, 5.41) is 0. The summed E-state index contributed by atoms with van der Waals surface area (Å²) in [6, 6.07) is 23.7. The molecule has 124 valence electrons. The molecule has 0 fully saturated rings. The lowest BCUT2D eigenvalue weighted by Crippen LogP contribution is -2.37. The molecule has 0 spiro atoms. The van der Waals surface area contributed by atoms with E-state index in [1.165, 1.54) is 22.4 Å². The van der Waals surface area contributed by atoms with Crippen LogP contribution in [-0.2, 0) is 6.42 Å². The Balaban J connectivity index is 1.70. The number of fused-ring (bicyclic) bond motifs is 5. The van der Waals surface area contributed by atoms with E-state index < -0.39 is 0 Å². The van der Waals surface area contributed by atoms with Crippen LogP contribution in [0.2, 0.25) is 0 Å². The Hall–Kier alpha value is -1.78. The van der Waals surface area contributed by atoms with Crippen LogP contribution in [0.15, 0.2) is 75.7 Å². The summed E-state index contributed by atoms with van der Waals surface area (Å²) in [6.07, 6.45) is 0.881. The molecule has 2 nitrogen and oxygen atoms in total. The molecule has 2 aliphatic heterocycles. The van der Waals surface area contributed by atoms with Gasteiger partial charge in [0.2, 0.25) is 0 Å². The van der Waals surface area contributed by atoms with E-state index in [0.29, 0.717) is 6.04 Å². The molecule has 25 heavy (non-hydrogen) atoms. The van der Waals surface area contributed by atoms with Gasteiger partial charge in [0.25, 0.3) is 0 Å². The van der Waals surface area contributed by atoms with Gasteiger partial charge in [-0.25, -0.2) is 0 Å². The highest BCUT2D eigenvalue weighted by Crippen LogP contribution is 2.52. The van der Waals surface area contributed by atoms with E-state index in [1.54, 1.807) is 0 Å². The predicted octanol–water partition coefficient (Wildman–Crippen LogP) is 6.41. The third-order valence-electron chi connectivity index (χ3n) is 4.98. The summed E-state index contributed by atoms with van der Waals surface area (Å²) in [7, 11) is 0. The zero-order valence-electron chi connectivity index (χ0n) is 13.3. The van der Waals surface area contributed by atoms with Crippen molar-refractivity contribution in [3.63, 3.8) is 0 Å². The molecule has 0 radical (unpaired) electrons. The summed E-state index contributed by atoms with van der Waals surface area (Å²) in [4.78, 5) is 2.42. The minimum absolute atomic E-state index is 0.115. The van der Waals surface area contributed by atoms with Gasteiger partial charge in [0, 0.05) is 25.8 Å². The van der Waals surface area contributed by atoms with Crippen molar-refractivity contribution in [1.29, 1.82) is 0 Å². The Morgan fingerprint density at radius 3 is 2.48 bits per heavy atom. The van der Waals surface area contributed by atoms with Gasteiger partial charge in [0.15, 0.2) is 6.23 Å². The Morgan fingerprint density at radius 1 is 0.880 bits per heavy atom. The van der Waals surface area contributed by atoms with Crippen molar-refractivity contribution < 1.29 is 4.74 Å². The molecule has 0 saturated heterocycles. The van der Waals surface area contributed by atoms with Gasteiger partial charge >= 0.3 is 0 Å². The maximum absolute atomic E-state index is 6.48. The summed E-state index contributed by atoms with van der Waals surface area (Å²) in [5.41, 5.74) is 5.05. The van der Waals surface area contributed by atoms with Gasteiger partial charge in [-0.3, -0.25) is 0 Å². The largest absolute Gasteiger partial charge is 0.466 e. The molecule has 2 aliphatic rings. The Morgan fingerprint density at radius 2 is 1.64 bits per heavy atom. The van der Waals surface area contributed by atoms with E-state index in [0.717, 1.165) is 21.1 Å². The molecule has 0 bridgehead atoms. The SMILES string of the molecule is Brc1ccc2c(c1)CC1c3ccc(Br)cc3OC(c3ccccc3)N21. The lowest BCUT2D eigenvalue weighted by atomic mass is 9.99. The lowest BCUT2D eigenvalue weighted by molar-refractivity contribution is 0.167. The molecular formula is C21H15Br2NO. The van der Waals surface area contributed by atoms with Crippen LogP contribution in [0.3, 0.4) is 0 Å². The van der Waals surface area contributed by atoms with E-state index in [-0.39, 0.29) is 6.23 Å². The fraction of sp³-hybridized carbons (Fsp3) is 0.143. The molecule has 2 unspecified atom stereocenters. The number of hydrogen-bond acceptors (Lipinski definition) is 2. The minimum atomic E-state index is -0.115. The summed E-state index contributed by atoms with van der Waals surface area (Å²) < 4.78 is 8.65. The molecule has 3 aromatic carbocycles. The zero-order valence-corrected chi connectivity index (χ0v) is 16.5. The van der Waals surface area contributed by atoms with E-state index in [1.807, 2.05) is 6.07 Å². The molecule has 2 atom stereocenters. The molecule has 0 amide bonds. The molecule has 2 heterocycles. The molecule has 5 rings (SSSR count). The normalized spacial score (nSPS) is 20.5. The van der Waals surface area contributed by atoms with E-state index in [2.05, 4.69) is 97.4 Å². The van der Waals surface area contributed by atoms with Crippen LogP contribution >= 0.6 is 31.9 Å². The lowest BCUT2D eigenvalue weighted by Gasteiger charge is -2.41. The first-order valence-electron chi connectivity index (χ1n) is 8.28. The van der Waals surface area contributed by atoms with E-state index >= 15 is 0 Å². The van der Waals surface area contributed by atoms with Crippen LogP contribution in [-0.4, -0.2) is 0 Å². The first kappa shape index (κ1) is 15.5. The van der Waals surface area contributed by atoms with Crippen LogP contribution in [0, 0.1) is 0 Å². The standard InChI is InChI=1S/C21H15Br2NO/c22-15-7-9-18-14(10-15)11-19-17-8-6-16(23)12-20(17)25-21(24(18)19)13-4-2-1-3-5-13/h1-10,12,19,21H,11H2. The fourth-order valence-corrected chi connectivity index (χ4v) is 4.65. The van der Waals surface area contributed by atoms with Gasteiger partial charge in [-0.05, 0) is 42.3 Å². The van der Waals surface area contributed by atoms with Gasteiger partial charge < -0.3 is 9.64 Å². The average Bonchev–Trinajstić information content (AvgIpc) is 3.00. The van der Waals surface area contributed by atoms with Crippen LogP contribution in [0.25, 0.3) is 0 Å². The van der Waals surface area contributed by atoms with Crippen molar-refractivity contribution in [3.05, 3.63) is 92.4 Å². The highest BCUT2D eigenvalue weighted by Gasteiger charge is 2.42. The molecule has 0 aliphatic carbocycles. The highest BCUT2D eigenvalue weighted by molar-refractivity contribution is 9.10. The molecule has 0 N–H and O–H groups in total. The monoisotopic (exact) mass is 455 g/mol.